The van der Waals surface area contributed by atoms with E-state index >= 15 is 0 Å². The summed E-state index contributed by atoms with van der Waals surface area (Å²) in [5, 5.41) is 7.05. The van der Waals surface area contributed by atoms with Crippen molar-refractivity contribution in [3.8, 4) is 16.9 Å². The van der Waals surface area contributed by atoms with E-state index in [1.54, 1.807) is 6.20 Å². The van der Waals surface area contributed by atoms with E-state index in [2.05, 4.69) is 15.4 Å². The summed E-state index contributed by atoms with van der Waals surface area (Å²) in [6.07, 6.45) is 1.97. The lowest BCUT2D eigenvalue weighted by Crippen LogP contribution is -2.29. The third-order valence-electron chi connectivity index (χ3n) is 5.35. The van der Waals surface area contributed by atoms with E-state index in [0.29, 0.717) is 5.56 Å². The zero-order valence-corrected chi connectivity index (χ0v) is 18.3. The molecule has 0 spiro atoms. The zero-order chi connectivity index (χ0) is 22.8. The molecule has 3 heterocycles. The van der Waals surface area contributed by atoms with Crippen LogP contribution in [0.2, 0.25) is 10.0 Å². The largest absolute Gasteiger partial charge is 0.476 e. The molecule has 1 aromatic carbocycles. The second kappa shape index (κ2) is 9.56. The van der Waals surface area contributed by atoms with Gasteiger partial charge in [-0.1, -0.05) is 23.2 Å². The summed E-state index contributed by atoms with van der Waals surface area (Å²) >= 11 is 11.9. The summed E-state index contributed by atoms with van der Waals surface area (Å²) in [5.41, 5.74) is 6.83. The minimum atomic E-state index is -3.06. The summed E-state index contributed by atoms with van der Waals surface area (Å²) < 4.78 is 49.0. The van der Waals surface area contributed by atoms with Crippen molar-refractivity contribution < 1.29 is 17.9 Å². The second-order valence-corrected chi connectivity index (χ2v) is 8.21. The predicted octanol–water partition coefficient (Wildman–Crippen LogP) is 5.28. The fraction of sp³-hybridized carbons (Fsp3) is 0.333. The van der Waals surface area contributed by atoms with E-state index in [0.717, 1.165) is 43.6 Å². The standard InChI is InChI=1S/C21H20Cl2F3N5O/c22-14-1-2-15(24)18(23)17(14)19(20(25)26)32-16-7-11(8-29-21(16)27)12-9-30-31(10-12)13-3-5-28-6-4-13/h1-2,7-10,13,19-20,28H,3-6H2,(H2,27,29). The van der Waals surface area contributed by atoms with Gasteiger partial charge in [0, 0.05) is 34.1 Å². The number of nitrogens with one attached hydrogen (secondary N) is 1. The molecule has 4 rings (SSSR count). The van der Waals surface area contributed by atoms with Crippen molar-refractivity contribution in [3.05, 3.63) is 58.2 Å². The number of aromatic nitrogens is 3. The molecule has 3 N–H and O–H groups in total. The Bertz CT molecular complexity index is 1110. The molecule has 1 unspecified atom stereocenters. The van der Waals surface area contributed by atoms with E-state index in [4.69, 9.17) is 33.7 Å². The van der Waals surface area contributed by atoms with E-state index in [1.807, 2.05) is 10.9 Å². The monoisotopic (exact) mass is 485 g/mol. The maximum absolute atomic E-state index is 13.9. The van der Waals surface area contributed by atoms with Crippen LogP contribution in [0.15, 0.2) is 36.8 Å². The number of anilines is 1. The Balaban J connectivity index is 1.64. The predicted molar refractivity (Wildman–Crippen MR) is 117 cm³/mol. The number of benzene rings is 1. The summed E-state index contributed by atoms with van der Waals surface area (Å²) in [6, 6.07) is 3.91. The van der Waals surface area contributed by atoms with E-state index in [1.165, 1.54) is 12.3 Å². The van der Waals surface area contributed by atoms with Crippen LogP contribution < -0.4 is 15.8 Å². The number of pyridine rings is 1. The van der Waals surface area contributed by atoms with Crippen molar-refractivity contribution >= 4 is 29.0 Å². The molecule has 6 nitrogen and oxygen atoms in total. The molecule has 0 bridgehead atoms. The van der Waals surface area contributed by atoms with Crippen LogP contribution in [0.3, 0.4) is 0 Å². The first-order valence-corrected chi connectivity index (χ1v) is 10.7. The molecule has 1 aliphatic rings. The van der Waals surface area contributed by atoms with Crippen molar-refractivity contribution in [2.75, 3.05) is 18.8 Å². The van der Waals surface area contributed by atoms with Crippen LogP contribution in [0.5, 0.6) is 5.75 Å². The molecule has 11 heteroatoms. The van der Waals surface area contributed by atoms with Crippen LogP contribution in [-0.4, -0.2) is 34.3 Å². The van der Waals surface area contributed by atoms with Gasteiger partial charge in [0.15, 0.2) is 17.7 Å². The average molecular weight is 486 g/mol. The number of hydrogen-bond donors (Lipinski definition) is 2. The van der Waals surface area contributed by atoms with Crippen molar-refractivity contribution in [2.45, 2.75) is 31.4 Å². The molecule has 1 saturated heterocycles. The lowest BCUT2D eigenvalue weighted by molar-refractivity contribution is 0.0107. The van der Waals surface area contributed by atoms with E-state index in [-0.39, 0.29) is 28.2 Å². The van der Waals surface area contributed by atoms with Crippen LogP contribution in [0.1, 0.15) is 30.6 Å². The number of rotatable bonds is 6. The highest BCUT2D eigenvalue weighted by molar-refractivity contribution is 6.36. The smallest absolute Gasteiger partial charge is 0.279 e. The van der Waals surface area contributed by atoms with Gasteiger partial charge in [-0.05, 0) is 44.1 Å². The van der Waals surface area contributed by atoms with Crippen LogP contribution in [0, 0.1) is 5.82 Å². The first kappa shape index (κ1) is 22.7. The molecule has 1 aliphatic heterocycles. The lowest BCUT2D eigenvalue weighted by Gasteiger charge is -2.22. The quantitative estimate of drug-likeness (QED) is 0.464. The number of ether oxygens (including phenoxy) is 1. The Labute approximate surface area is 192 Å². The molecule has 2 aromatic heterocycles. The van der Waals surface area contributed by atoms with Crippen LogP contribution in [0.4, 0.5) is 19.0 Å². The van der Waals surface area contributed by atoms with Crippen LogP contribution in [0.25, 0.3) is 11.1 Å². The summed E-state index contributed by atoms with van der Waals surface area (Å²) in [4.78, 5) is 4.07. The number of nitrogens with zero attached hydrogens (tertiary/aromatic N) is 3. The van der Waals surface area contributed by atoms with Gasteiger partial charge in [0.25, 0.3) is 6.43 Å². The number of halogens is 5. The number of alkyl halides is 2. The van der Waals surface area contributed by atoms with Gasteiger partial charge in [-0.15, -0.1) is 0 Å². The first-order chi connectivity index (χ1) is 15.3. The third kappa shape index (κ3) is 4.65. The average Bonchev–Trinajstić information content (AvgIpc) is 3.28. The maximum Gasteiger partial charge on any atom is 0.279 e. The summed E-state index contributed by atoms with van der Waals surface area (Å²) in [7, 11) is 0. The first-order valence-electron chi connectivity index (χ1n) is 9.94. The normalized spacial score (nSPS) is 15.8. The van der Waals surface area contributed by atoms with Gasteiger partial charge in [-0.25, -0.2) is 18.2 Å². The molecule has 3 aromatic rings. The molecule has 32 heavy (non-hydrogen) atoms. The Morgan fingerprint density at radius 3 is 2.62 bits per heavy atom. The molecule has 0 amide bonds. The lowest BCUT2D eigenvalue weighted by atomic mass is 10.1. The van der Waals surface area contributed by atoms with Gasteiger partial charge in [-0.3, -0.25) is 4.68 Å². The third-order valence-corrected chi connectivity index (χ3v) is 6.06. The zero-order valence-electron chi connectivity index (χ0n) is 16.7. The highest BCUT2D eigenvalue weighted by atomic mass is 35.5. The Kier molecular flexibility index (Phi) is 6.78. The molecule has 1 fully saturated rings. The SMILES string of the molecule is Nc1ncc(-c2cnn(C3CCNCC3)c2)cc1OC(c1c(Cl)ccc(F)c1Cl)C(F)F. The molecule has 0 saturated carbocycles. The number of nitrogens with two attached hydrogens (primary N) is 1. The topological polar surface area (TPSA) is 78.0 Å². The fourth-order valence-electron chi connectivity index (χ4n) is 3.64. The van der Waals surface area contributed by atoms with Gasteiger partial charge in [-0.2, -0.15) is 5.10 Å². The Hall–Kier alpha value is -2.49. The fourth-order valence-corrected chi connectivity index (χ4v) is 4.23. The maximum atomic E-state index is 13.9. The highest BCUT2D eigenvalue weighted by Gasteiger charge is 2.31. The summed E-state index contributed by atoms with van der Waals surface area (Å²) in [6.45, 7) is 1.84. The molecular weight excluding hydrogens is 466 g/mol. The molecule has 0 radical (unpaired) electrons. The minimum Gasteiger partial charge on any atom is -0.476 e. The number of hydrogen-bond acceptors (Lipinski definition) is 5. The highest BCUT2D eigenvalue weighted by Crippen LogP contribution is 2.39. The van der Waals surface area contributed by atoms with Crippen LogP contribution in [-0.2, 0) is 0 Å². The Morgan fingerprint density at radius 1 is 1.16 bits per heavy atom. The van der Waals surface area contributed by atoms with Gasteiger partial charge >= 0.3 is 0 Å². The van der Waals surface area contributed by atoms with Gasteiger partial charge < -0.3 is 15.8 Å². The molecule has 0 aliphatic carbocycles. The van der Waals surface area contributed by atoms with Crippen molar-refractivity contribution in [1.82, 2.24) is 20.1 Å². The molecular formula is C21H20Cl2F3N5O. The number of piperidine rings is 1. The second-order valence-electron chi connectivity index (χ2n) is 7.43. The summed E-state index contributed by atoms with van der Waals surface area (Å²) in [5.74, 6) is -1.09. The minimum absolute atomic E-state index is 0.0983. The van der Waals surface area contributed by atoms with Crippen molar-refractivity contribution in [1.29, 1.82) is 0 Å². The number of nitrogen functional groups attached to an aromatic ring is 1. The van der Waals surface area contributed by atoms with E-state index in [9.17, 15) is 13.2 Å². The Morgan fingerprint density at radius 2 is 1.91 bits per heavy atom. The van der Waals surface area contributed by atoms with Crippen molar-refractivity contribution in [3.63, 3.8) is 0 Å². The molecule has 1 atom stereocenters. The molecule has 170 valence electrons. The van der Waals surface area contributed by atoms with E-state index < -0.39 is 23.4 Å². The van der Waals surface area contributed by atoms with Gasteiger partial charge in [0.05, 0.1) is 17.3 Å². The van der Waals surface area contributed by atoms with Gasteiger partial charge in [0.1, 0.15) is 5.82 Å². The van der Waals surface area contributed by atoms with Gasteiger partial charge in [0.2, 0.25) is 0 Å². The van der Waals surface area contributed by atoms with Crippen LogP contribution >= 0.6 is 23.2 Å². The van der Waals surface area contributed by atoms with Crippen molar-refractivity contribution in [2.24, 2.45) is 0 Å².